The van der Waals surface area contributed by atoms with Gasteiger partial charge in [0, 0.05) is 22.4 Å². The average Bonchev–Trinajstić information content (AvgIpc) is 3.41. The zero-order valence-electron chi connectivity index (χ0n) is 20.6. The number of carbonyl (C=O) groups is 1. The van der Waals surface area contributed by atoms with Gasteiger partial charge in [0.1, 0.15) is 5.82 Å². The Morgan fingerprint density at radius 3 is 2.51 bits per heavy atom. The zero-order chi connectivity index (χ0) is 24.9. The highest BCUT2D eigenvalue weighted by atomic mass is 79.9. The third kappa shape index (κ3) is 5.52. The topological polar surface area (TPSA) is 64.2 Å². The number of nitrogens with zero attached hydrogens (tertiary/aromatic N) is 3. The van der Waals surface area contributed by atoms with Crippen LogP contribution in [0.25, 0.3) is 11.0 Å². The lowest BCUT2D eigenvalue weighted by Gasteiger charge is -2.34. The van der Waals surface area contributed by atoms with Gasteiger partial charge in [-0.05, 0) is 65.0 Å². The van der Waals surface area contributed by atoms with E-state index in [1.165, 1.54) is 10.4 Å². The van der Waals surface area contributed by atoms with E-state index < -0.39 is 0 Å². The molecule has 1 amide bonds. The number of halogens is 1. The quantitative estimate of drug-likeness (QED) is 0.239. The Morgan fingerprint density at radius 2 is 1.86 bits per heavy atom. The Balaban J connectivity index is 1.83. The van der Waals surface area contributed by atoms with Gasteiger partial charge in [-0.15, -0.1) is 11.3 Å². The van der Waals surface area contributed by atoms with E-state index in [0.29, 0.717) is 19.6 Å². The Labute approximate surface area is 220 Å². The summed E-state index contributed by atoms with van der Waals surface area (Å²) in [5.41, 5.74) is 9.14. The van der Waals surface area contributed by atoms with Crippen molar-refractivity contribution in [3.05, 3.63) is 86.3 Å². The molecule has 5 nitrogen and oxygen atoms in total. The van der Waals surface area contributed by atoms with Crippen LogP contribution in [0.15, 0.2) is 65.1 Å². The molecular weight excluding hydrogens is 520 g/mol. The number of amides is 1. The molecule has 1 atom stereocenters. The van der Waals surface area contributed by atoms with Crippen molar-refractivity contribution in [2.75, 3.05) is 13.1 Å². The van der Waals surface area contributed by atoms with Crippen LogP contribution in [0.2, 0.25) is 0 Å². The highest BCUT2D eigenvalue weighted by Gasteiger charge is 2.33. The van der Waals surface area contributed by atoms with Crippen molar-refractivity contribution in [2.24, 2.45) is 11.7 Å². The smallest absolute Gasteiger partial charge is 0.264 e. The predicted octanol–water partition coefficient (Wildman–Crippen LogP) is 6.66. The summed E-state index contributed by atoms with van der Waals surface area (Å²) >= 11 is 5.20. The number of rotatable bonds is 10. The van der Waals surface area contributed by atoms with Gasteiger partial charge in [-0.3, -0.25) is 4.79 Å². The van der Waals surface area contributed by atoms with Crippen LogP contribution in [0.3, 0.4) is 0 Å². The van der Waals surface area contributed by atoms with Crippen LogP contribution < -0.4 is 5.73 Å². The number of fused-ring (bicyclic) bond motifs is 1. The van der Waals surface area contributed by atoms with Crippen molar-refractivity contribution in [1.82, 2.24) is 14.5 Å². The minimum absolute atomic E-state index is 0.0425. The maximum Gasteiger partial charge on any atom is 0.264 e. The Bertz CT molecular complexity index is 1280. The third-order valence-electron chi connectivity index (χ3n) is 6.25. The molecule has 0 fully saturated rings. The molecule has 0 radical (unpaired) electrons. The van der Waals surface area contributed by atoms with Crippen LogP contribution in [0.4, 0.5) is 0 Å². The number of nitrogens with two attached hydrogens (primary N) is 1. The van der Waals surface area contributed by atoms with Gasteiger partial charge in [-0.1, -0.05) is 63.2 Å². The fourth-order valence-electron chi connectivity index (χ4n) is 4.57. The van der Waals surface area contributed by atoms with Crippen LogP contribution in [0.1, 0.15) is 59.2 Å². The number of aryl methyl sites for hydroxylation is 1. The van der Waals surface area contributed by atoms with Gasteiger partial charge in [-0.25, -0.2) is 4.98 Å². The number of imidazole rings is 1. The first-order valence-corrected chi connectivity index (χ1v) is 13.8. The second kappa shape index (κ2) is 11.5. The zero-order valence-corrected chi connectivity index (χ0v) is 23.0. The van der Waals surface area contributed by atoms with Crippen molar-refractivity contribution in [3.8, 4) is 0 Å². The molecule has 0 bridgehead atoms. The number of hydrogen-bond acceptors (Lipinski definition) is 4. The van der Waals surface area contributed by atoms with Gasteiger partial charge in [0.2, 0.25) is 0 Å². The van der Waals surface area contributed by atoms with E-state index in [0.717, 1.165) is 39.0 Å². The standard InChI is InChI=1S/C28H33BrN4OS/c1-4-24-21(29)17-25(35-24)28(34)32(16-10-15-30)26(19(2)3)27-31-22-13-8-9-14-23(22)33(27)18-20-11-6-5-7-12-20/h5-9,11-14,17,19,26H,4,10,15-16,18,30H2,1-3H3/t26-/m1/s1. The molecule has 0 aliphatic rings. The molecule has 0 spiro atoms. The SMILES string of the molecule is CCc1sc(C(=O)N(CCCN)[C@@H](c2nc3ccccc3n2Cc2ccccc2)C(C)C)cc1Br. The summed E-state index contributed by atoms with van der Waals surface area (Å²) in [5.74, 6) is 1.12. The molecule has 0 unspecified atom stereocenters. The minimum atomic E-state index is -0.184. The van der Waals surface area contributed by atoms with Gasteiger partial charge in [0.15, 0.2) is 0 Å². The average molecular weight is 554 g/mol. The van der Waals surface area contributed by atoms with Crippen molar-refractivity contribution >= 4 is 44.2 Å². The summed E-state index contributed by atoms with van der Waals surface area (Å²) < 4.78 is 3.28. The van der Waals surface area contributed by atoms with Crippen molar-refractivity contribution in [3.63, 3.8) is 0 Å². The molecule has 0 aliphatic heterocycles. The molecule has 4 rings (SSSR count). The van der Waals surface area contributed by atoms with Crippen LogP contribution in [-0.2, 0) is 13.0 Å². The van der Waals surface area contributed by atoms with E-state index in [4.69, 9.17) is 10.7 Å². The maximum absolute atomic E-state index is 14.0. The first-order chi connectivity index (χ1) is 16.9. The van der Waals surface area contributed by atoms with Crippen molar-refractivity contribution < 1.29 is 4.79 Å². The van der Waals surface area contributed by atoms with Crippen molar-refractivity contribution in [2.45, 2.75) is 46.2 Å². The van der Waals surface area contributed by atoms with Crippen LogP contribution in [0.5, 0.6) is 0 Å². The lowest BCUT2D eigenvalue weighted by Crippen LogP contribution is -2.40. The number of carbonyl (C=O) groups excluding carboxylic acids is 1. The molecule has 184 valence electrons. The first kappa shape index (κ1) is 25.6. The van der Waals surface area contributed by atoms with Gasteiger partial charge in [0.25, 0.3) is 5.91 Å². The van der Waals surface area contributed by atoms with E-state index in [9.17, 15) is 4.79 Å². The van der Waals surface area contributed by atoms with E-state index in [2.05, 4.69) is 71.6 Å². The highest BCUT2D eigenvalue weighted by Crippen LogP contribution is 2.35. The molecule has 35 heavy (non-hydrogen) atoms. The van der Waals surface area contributed by atoms with E-state index in [1.54, 1.807) is 11.3 Å². The molecule has 0 saturated carbocycles. The number of aromatic nitrogens is 2. The minimum Gasteiger partial charge on any atom is -0.330 e. The molecular formula is C28H33BrN4OS. The largest absolute Gasteiger partial charge is 0.330 e. The van der Waals surface area contributed by atoms with E-state index in [-0.39, 0.29) is 17.9 Å². The predicted molar refractivity (Wildman–Crippen MR) is 149 cm³/mol. The summed E-state index contributed by atoms with van der Waals surface area (Å²) in [5, 5.41) is 0. The number of para-hydroxylation sites is 2. The van der Waals surface area contributed by atoms with Crippen LogP contribution >= 0.6 is 27.3 Å². The molecule has 0 saturated heterocycles. The summed E-state index contributed by atoms with van der Waals surface area (Å²) in [6.07, 6.45) is 1.63. The van der Waals surface area contributed by atoms with Crippen molar-refractivity contribution in [1.29, 1.82) is 0 Å². The van der Waals surface area contributed by atoms with E-state index in [1.807, 2.05) is 35.2 Å². The summed E-state index contributed by atoms with van der Waals surface area (Å²) in [4.78, 5) is 23.0. The van der Waals surface area contributed by atoms with Crippen LogP contribution in [-0.4, -0.2) is 33.4 Å². The molecule has 2 aromatic heterocycles. The van der Waals surface area contributed by atoms with Crippen LogP contribution in [0, 0.1) is 5.92 Å². The third-order valence-corrected chi connectivity index (χ3v) is 8.49. The molecule has 2 N–H and O–H groups in total. The maximum atomic E-state index is 14.0. The fraction of sp³-hybridized carbons (Fsp3) is 0.357. The monoisotopic (exact) mass is 552 g/mol. The van der Waals surface area contributed by atoms with Gasteiger partial charge in [-0.2, -0.15) is 0 Å². The second-order valence-corrected chi connectivity index (χ2v) is 11.1. The fourth-order valence-corrected chi connectivity index (χ4v) is 6.42. The Hall–Kier alpha value is -2.48. The molecule has 2 aromatic carbocycles. The lowest BCUT2D eigenvalue weighted by molar-refractivity contribution is 0.0610. The summed E-state index contributed by atoms with van der Waals surface area (Å²) in [7, 11) is 0. The highest BCUT2D eigenvalue weighted by molar-refractivity contribution is 9.10. The molecule has 2 heterocycles. The Kier molecular flexibility index (Phi) is 8.42. The second-order valence-electron chi connectivity index (χ2n) is 9.10. The molecule has 7 heteroatoms. The lowest BCUT2D eigenvalue weighted by atomic mass is 10.0. The first-order valence-electron chi connectivity index (χ1n) is 12.2. The number of thiophene rings is 1. The normalized spacial score (nSPS) is 12.4. The van der Waals surface area contributed by atoms with Gasteiger partial charge >= 0.3 is 0 Å². The number of benzene rings is 2. The molecule has 4 aromatic rings. The van der Waals surface area contributed by atoms with E-state index >= 15 is 0 Å². The van der Waals surface area contributed by atoms with Gasteiger partial charge < -0.3 is 15.2 Å². The van der Waals surface area contributed by atoms with Gasteiger partial charge in [0.05, 0.1) is 22.0 Å². The Morgan fingerprint density at radius 1 is 1.14 bits per heavy atom. The summed E-state index contributed by atoms with van der Waals surface area (Å²) in [6, 6.07) is 20.4. The number of hydrogen-bond donors (Lipinski definition) is 1. The molecule has 0 aliphatic carbocycles. The summed E-state index contributed by atoms with van der Waals surface area (Å²) in [6.45, 7) is 8.26.